The Morgan fingerprint density at radius 2 is 2.20 bits per heavy atom. The first-order valence-corrected chi connectivity index (χ1v) is 3.11. The van der Waals surface area contributed by atoms with Crippen molar-refractivity contribution >= 4 is 17.6 Å². The van der Waals surface area contributed by atoms with Crippen LogP contribution in [0.1, 0.15) is 6.92 Å². The van der Waals surface area contributed by atoms with E-state index in [0.717, 1.165) is 0 Å². The van der Waals surface area contributed by atoms with Crippen LogP contribution in [0.25, 0.3) is 0 Å². The molecule has 0 aromatic heterocycles. The summed E-state index contributed by atoms with van der Waals surface area (Å²) in [7, 11) is 1.23. The van der Waals surface area contributed by atoms with Crippen LogP contribution in [0.2, 0.25) is 0 Å². The van der Waals surface area contributed by atoms with Gasteiger partial charge in [0.15, 0.2) is 5.50 Å². The Morgan fingerprint density at radius 3 is 2.50 bits per heavy atom. The molecule has 2 unspecified atom stereocenters. The zero-order valence-electron chi connectivity index (χ0n) is 5.70. The van der Waals surface area contributed by atoms with E-state index < -0.39 is 17.4 Å². The van der Waals surface area contributed by atoms with E-state index >= 15 is 0 Å². The van der Waals surface area contributed by atoms with Crippen molar-refractivity contribution in [1.82, 2.24) is 0 Å². The standard InChI is InChI=1S/C5H8ClNO3/c1-3(4(6)7-9)5(8)10-2/h3-4H,1-2H3. The fourth-order valence-electron chi connectivity index (χ4n) is 0.389. The molecule has 0 N–H and O–H groups in total. The Balaban J connectivity index is 3.93. The third-order valence-electron chi connectivity index (χ3n) is 1.09. The minimum Gasteiger partial charge on any atom is -0.469 e. The Hall–Kier alpha value is -0.640. The third kappa shape index (κ3) is 2.31. The molecule has 0 amide bonds. The first kappa shape index (κ1) is 9.36. The maximum Gasteiger partial charge on any atom is 0.311 e. The van der Waals surface area contributed by atoms with Gasteiger partial charge in [0.2, 0.25) is 0 Å². The molecular formula is C5H8ClNO3. The van der Waals surface area contributed by atoms with Gasteiger partial charge in [0.1, 0.15) is 0 Å². The molecule has 2 atom stereocenters. The van der Waals surface area contributed by atoms with Crippen molar-refractivity contribution in [3.8, 4) is 0 Å². The molecule has 0 saturated carbocycles. The van der Waals surface area contributed by atoms with Crippen LogP contribution < -0.4 is 0 Å². The Labute approximate surface area is 63.5 Å². The molecule has 0 aromatic rings. The first-order chi connectivity index (χ1) is 4.63. The smallest absolute Gasteiger partial charge is 0.311 e. The summed E-state index contributed by atoms with van der Waals surface area (Å²) in [4.78, 5) is 20.4. The third-order valence-corrected chi connectivity index (χ3v) is 1.54. The predicted octanol–water partition coefficient (Wildman–Crippen LogP) is 1.13. The number of alkyl halides is 1. The average molecular weight is 166 g/mol. The van der Waals surface area contributed by atoms with Gasteiger partial charge in [-0.25, -0.2) is 0 Å². The van der Waals surface area contributed by atoms with Crippen molar-refractivity contribution in [2.45, 2.75) is 12.4 Å². The predicted molar refractivity (Wildman–Crippen MR) is 36.6 cm³/mol. The molecular weight excluding hydrogens is 158 g/mol. The minimum atomic E-state index is -1.03. The topological polar surface area (TPSA) is 55.7 Å². The van der Waals surface area contributed by atoms with E-state index in [0.29, 0.717) is 0 Å². The normalized spacial score (nSPS) is 15.5. The van der Waals surface area contributed by atoms with Gasteiger partial charge in [0.05, 0.1) is 13.0 Å². The second kappa shape index (κ2) is 4.22. The van der Waals surface area contributed by atoms with Crippen molar-refractivity contribution in [2.75, 3.05) is 7.11 Å². The summed E-state index contributed by atoms with van der Waals surface area (Å²) in [5.41, 5.74) is -1.03. The van der Waals surface area contributed by atoms with Gasteiger partial charge in [-0.3, -0.25) is 4.79 Å². The largest absolute Gasteiger partial charge is 0.469 e. The molecule has 0 fully saturated rings. The van der Waals surface area contributed by atoms with Gasteiger partial charge in [0, 0.05) is 0 Å². The van der Waals surface area contributed by atoms with Gasteiger partial charge in [-0.05, 0) is 12.1 Å². The molecule has 0 aliphatic carbocycles. The molecule has 58 valence electrons. The van der Waals surface area contributed by atoms with Crippen LogP contribution in [0.3, 0.4) is 0 Å². The van der Waals surface area contributed by atoms with E-state index in [1.165, 1.54) is 14.0 Å². The molecule has 4 nitrogen and oxygen atoms in total. The summed E-state index contributed by atoms with van der Waals surface area (Å²) >= 11 is 5.31. The van der Waals surface area contributed by atoms with E-state index in [4.69, 9.17) is 11.6 Å². The van der Waals surface area contributed by atoms with Gasteiger partial charge in [0.25, 0.3) is 0 Å². The molecule has 0 bridgehead atoms. The molecule has 0 spiro atoms. The number of nitroso groups, excluding NO2 is 1. The lowest BCUT2D eigenvalue weighted by Gasteiger charge is -2.07. The van der Waals surface area contributed by atoms with Crippen LogP contribution in [0.15, 0.2) is 5.18 Å². The molecule has 0 saturated heterocycles. The summed E-state index contributed by atoms with van der Waals surface area (Å²) in [5.74, 6) is -1.20. The highest BCUT2D eigenvalue weighted by Gasteiger charge is 2.22. The summed E-state index contributed by atoms with van der Waals surface area (Å²) in [6, 6.07) is 0. The fraction of sp³-hybridized carbons (Fsp3) is 0.800. The Morgan fingerprint density at radius 1 is 1.70 bits per heavy atom. The summed E-state index contributed by atoms with van der Waals surface area (Å²) in [6.45, 7) is 1.48. The molecule has 0 aromatic carbocycles. The van der Waals surface area contributed by atoms with Crippen LogP contribution >= 0.6 is 11.6 Å². The number of esters is 1. The summed E-state index contributed by atoms with van der Waals surface area (Å²) in [6.07, 6.45) is 0. The van der Waals surface area contributed by atoms with Crippen LogP contribution in [-0.4, -0.2) is 18.6 Å². The lowest BCUT2D eigenvalue weighted by molar-refractivity contribution is -0.144. The van der Waals surface area contributed by atoms with E-state index in [2.05, 4.69) is 9.91 Å². The van der Waals surface area contributed by atoms with Crippen molar-refractivity contribution in [2.24, 2.45) is 11.1 Å². The van der Waals surface area contributed by atoms with Gasteiger partial charge in [-0.2, -0.15) is 0 Å². The highest BCUT2D eigenvalue weighted by molar-refractivity contribution is 6.21. The SMILES string of the molecule is COC(=O)C(C)C(Cl)N=O. The van der Waals surface area contributed by atoms with Gasteiger partial charge >= 0.3 is 5.97 Å². The molecule has 0 rings (SSSR count). The van der Waals surface area contributed by atoms with Gasteiger partial charge < -0.3 is 4.74 Å². The molecule has 5 heteroatoms. The molecule has 10 heavy (non-hydrogen) atoms. The maximum absolute atomic E-state index is 10.6. The maximum atomic E-state index is 10.6. The van der Waals surface area contributed by atoms with Gasteiger partial charge in [-0.1, -0.05) is 11.6 Å². The fourth-order valence-corrected chi connectivity index (χ4v) is 0.492. The van der Waals surface area contributed by atoms with Gasteiger partial charge in [-0.15, -0.1) is 4.91 Å². The lowest BCUT2D eigenvalue weighted by Crippen LogP contribution is -2.20. The number of rotatable bonds is 3. The highest BCUT2D eigenvalue weighted by atomic mass is 35.5. The Kier molecular flexibility index (Phi) is 3.95. The quantitative estimate of drug-likeness (QED) is 0.273. The summed E-state index contributed by atoms with van der Waals surface area (Å²) in [5, 5.41) is 2.47. The number of carbonyl (C=O) groups excluding carboxylic acids is 1. The van der Waals surface area contributed by atoms with Crippen LogP contribution in [0.4, 0.5) is 0 Å². The number of hydrogen-bond acceptors (Lipinski definition) is 4. The molecule has 0 aliphatic heterocycles. The van der Waals surface area contributed by atoms with E-state index in [9.17, 15) is 9.70 Å². The number of ether oxygens (including phenoxy) is 1. The van der Waals surface area contributed by atoms with E-state index in [1.807, 2.05) is 0 Å². The summed E-state index contributed by atoms with van der Waals surface area (Å²) < 4.78 is 4.31. The van der Waals surface area contributed by atoms with E-state index in [-0.39, 0.29) is 0 Å². The van der Waals surface area contributed by atoms with Crippen molar-refractivity contribution < 1.29 is 9.53 Å². The minimum absolute atomic E-state index is 0.528. The van der Waals surface area contributed by atoms with Crippen LogP contribution in [-0.2, 0) is 9.53 Å². The van der Waals surface area contributed by atoms with Crippen molar-refractivity contribution in [1.29, 1.82) is 0 Å². The molecule has 0 heterocycles. The number of methoxy groups -OCH3 is 1. The van der Waals surface area contributed by atoms with E-state index in [1.54, 1.807) is 0 Å². The second-order valence-electron chi connectivity index (χ2n) is 1.79. The molecule has 0 radical (unpaired) electrons. The Bertz CT molecular complexity index is 139. The number of nitrogens with zero attached hydrogens (tertiary/aromatic N) is 1. The monoisotopic (exact) mass is 165 g/mol. The van der Waals surface area contributed by atoms with Crippen molar-refractivity contribution in [3.63, 3.8) is 0 Å². The lowest BCUT2D eigenvalue weighted by atomic mass is 10.2. The second-order valence-corrected chi connectivity index (χ2v) is 2.24. The number of hydrogen-bond donors (Lipinski definition) is 0. The first-order valence-electron chi connectivity index (χ1n) is 2.67. The zero-order valence-corrected chi connectivity index (χ0v) is 6.46. The number of halogens is 1. The average Bonchev–Trinajstić information content (AvgIpc) is 2.00. The van der Waals surface area contributed by atoms with Crippen LogP contribution in [0.5, 0.6) is 0 Å². The van der Waals surface area contributed by atoms with Crippen LogP contribution in [0, 0.1) is 10.8 Å². The molecule has 0 aliphatic rings. The zero-order chi connectivity index (χ0) is 8.15. The number of carbonyl (C=O) groups is 1. The highest BCUT2D eigenvalue weighted by Crippen LogP contribution is 2.12. The van der Waals surface area contributed by atoms with Crippen molar-refractivity contribution in [3.05, 3.63) is 4.91 Å².